The third kappa shape index (κ3) is 2.87. The van der Waals surface area contributed by atoms with Crippen LogP contribution in [-0.4, -0.2) is 31.6 Å². The summed E-state index contributed by atoms with van der Waals surface area (Å²) in [5.74, 6) is 0.165. The molecule has 0 atom stereocenters. The average molecular weight is 294 g/mol. The topological polar surface area (TPSA) is 51.5 Å². The van der Waals surface area contributed by atoms with Gasteiger partial charge in [-0.2, -0.15) is 0 Å². The van der Waals surface area contributed by atoms with Crippen molar-refractivity contribution in [2.45, 2.75) is 18.9 Å². The van der Waals surface area contributed by atoms with Gasteiger partial charge in [0.25, 0.3) is 0 Å². The molecule has 4 nitrogen and oxygen atoms in total. The van der Waals surface area contributed by atoms with Gasteiger partial charge in [-0.15, -0.1) is 0 Å². The maximum atomic E-state index is 12.1. The van der Waals surface area contributed by atoms with E-state index in [9.17, 15) is 4.79 Å². The number of carbonyl (C=O) groups excluding carboxylic acids is 1. The molecule has 1 aliphatic rings. The molecule has 1 N–H and O–H groups in total. The summed E-state index contributed by atoms with van der Waals surface area (Å²) in [4.78, 5) is 12.1. The number of para-hydroxylation sites is 1. The van der Waals surface area contributed by atoms with Gasteiger partial charge in [0.1, 0.15) is 6.61 Å². The van der Waals surface area contributed by atoms with Crippen LogP contribution in [0.15, 0.2) is 28.7 Å². The fraction of sp³-hybridized carbons (Fsp3) is 0.400. The number of hydrogen-bond acceptors (Lipinski definition) is 4. The first-order valence-corrected chi connectivity index (χ1v) is 7.15. The molecule has 106 valence electrons. The Balaban J connectivity index is 1.67. The van der Waals surface area contributed by atoms with Crippen molar-refractivity contribution in [3.05, 3.63) is 35.0 Å². The van der Waals surface area contributed by atoms with E-state index in [1.54, 1.807) is 12.1 Å². The standard InChI is InChI=1S/C15H16ClNO3/c16-12-3-1-2-10-8-14(20-15(10)12)13(18)9-19-11-4-6-17-7-5-11/h1-3,8,11,17H,4-7,9H2. The molecule has 5 heteroatoms. The first kappa shape index (κ1) is 13.6. The number of nitrogens with one attached hydrogen (secondary N) is 1. The largest absolute Gasteiger partial charge is 0.451 e. The van der Waals surface area contributed by atoms with Crippen molar-refractivity contribution < 1.29 is 13.9 Å². The predicted molar refractivity (Wildman–Crippen MR) is 77.4 cm³/mol. The molecule has 0 saturated carbocycles. The first-order valence-electron chi connectivity index (χ1n) is 6.77. The van der Waals surface area contributed by atoms with Gasteiger partial charge < -0.3 is 14.5 Å². The number of ketones is 1. The van der Waals surface area contributed by atoms with Gasteiger partial charge in [-0.1, -0.05) is 23.7 Å². The van der Waals surface area contributed by atoms with Crippen molar-refractivity contribution in [2.24, 2.45) is 0 Å². The van der Waals surface area contributed by atoms with Crippen molar-refractivity contribution in [1.29, 1.82) is 0 Å². The van der Waals surface area contributed by atoms with Gasteiger partial charge in [-0.25, -0.2) is 0 Å². The molecule has 2 aromatic rings. The molecular weight excluding hydrogens is 278 g/mol. The molecule has 0 radical (unpaired) electrons. The van der Waals surface area contributed by atoms with Crippen LogP contribution in [0.3, 0.4) is 0 Å². The molecule has 2 heterocycles. The van der Waals surface area contributed by atoms with Gasteiger partial charge in [0.2, 0.25) is 5.78 Å². The highest BCUT2D eigenvalue weighted by Gasteiger charge is 2.18. The second kappa shape index (κ2) is 5.95. The van der Waals surface area contributed by atoms with E-state index in [0.717, 1.165) is 31.3 Å². The molecule has 1 saturated heterocycles. The quantitative estimate of drug-likeness (QED) is 0.880. The monoisotopic (exact) mass is 293 g/mol. The van der Waals surface area contributed by atoms with E-state index in [1.807, 2.05) is 12.1 Å². The zero-order valence-electron chi connectivity index (χ0n) is 11.0. The van der Waals surface area contributed by atoms with Gasteiger partial charge in [0.15, 0.2) is 11.3 Å². The Morgan fingerprint density at radius 3 is 2.95 bits per heavy atom. The van der Waals surface area contributed by atoms with Crippen LogP contribution in [0.1, 0.15) is 23.4 Å². The summed E-state index contributed by atoms with van der Waals surface area (Å²) in [5, 5.41) is 4.61. The lowest BCUT2D eigenvalue weighted by atomic mass is 10.1. The first-order chi connectivity index (χ1) is 9.74. The second-order valence-electron chi connectivity index (χ2n) is 4.95. The second-order valence-corrected chi connectivity index (χ2v) is 5.36. The normalized spacial score (nSPS) is 16.6. The minimum Gasteiger partial charge on any atom is -0.451 e. The predicted octanol–water partition coefficient (Wildman–Crippen LogP) is 3.04. The lowest BCUT2D eigenvalue weighted by Crippen LogP contribution is -2.33. The summed E-state index contributed by atoms with van der Waals surface area (Å²) in [7, 11) is 0. The molecule has 20 heavy (non-hydrogen) atoms. The SMILES string of the molecule is O=C(COC1CCNCC1)c1cc2cccc(Cl)c2o1. The van der Waals surface area contributed by atoms with E-state index in [2.05, 4.69) is 5.32 Å². The molecule has 3 rings (SSSR count). The molecule has 1 fully saturated rings. The number of benzene rings is 1. The molecule has 0 spiro atoms. The number of piperidine rings is 1. The minimum absolute atomic E-state index is 0.0576. The van der Waals surface area contributed by atoms with Crippen molar-refractivity contribution in [1.82, 2.24) is 5.32 Å². The molecule has 0 amide bonds. The summed E-state index contributed by atoms with van der Waals surface area (Å²) in [6, 6.07) is 7.16. The third-order valence-electron chi connectivity index (χ3n) is 3.51. The zero-order chi connectivity index (χ0) is 13.9. The summed E-state index contributed by atoms with van der Waals surface area (Å²) in [6.45, 7) is 1.94. The third-order valence-corrected chi connectivity index (χ3v) is 3.80. The summed E-state index contributed by atoms with van der Waals surface area (Å²) >= 11 is 6.03. The Kier molecular flexibility index (Phi) is 4.05. The van der Waals surface area contributed by atoms with Crippen LogP contribution in [0.25, 0.3) is 11.0 Å². The summed E-state index contributed by atoms with van der Waals surface area (Å²) < 4.78 is 11.2. The molecule has 0 aliphatic carbocycles. The van der Waals surface area contributed by atoms with Crippen LogP contribution in [0.4, 0.5) is 0 Å². The Hall–Kier alpha value is -1.36. The van der Waals surface area contributed by atoms with Crippen LogP contribution in [0.5, 0.6) is 0 Å². The highest BCUT2D eigenvalue weighted by atomic mass is 35.5. The van der Waals surface area contributed by atoms with Crippen molar-refractivity contribution in [2.75, 3.05) is 19.7 Å². The molecule has 1 aromatic carbocycles. The fourth-order valence-electron chi connectivity index (χ4n) is 2.39. The van der Waals surface area contributed by atoms with Gasteiger partial charge in [0.05, 0.1) is 11.1 Å². The van der Waals surface area contributed by atoms with E-state index in [0.29, 0.717) is 16.4 Å². The van der Waals surface area contributed by atoms with Crippen LogP contribution < -0.4 is 5.32 Å². The Morgan fingerprint density at radius 2 is 2.20 bits per heavy atom. The van der Waals surface area contributed by atoms with Crippen molar-refractivity contribution >= 4 is 28.4 Å². The molecule has 0 unspecified atom stereocenters. The average Bonchev–Trinajstić information content (AvgIpc) is 2.91. The van der Waals surface area contributed by atoms with E-state index in [4.69, 9.17) is 20.8 Å². The van der Waals surface area contributed by atoms with E-state index >= 15 is 0 Å². The number of fused-ring (bicyclic) bond motifs is 1. The molecule has 1 aromatic heterocycles. The Bertz CT molecular complexity index is 617. The fourth-order valence-corrected chi connectivity index (χ4v) is 2.61. The minimum atomic E-state index is -0.143. The van der Waals surface area contributed by atoms with E-state index in [-0.39, 0.29) is 18.5 Å². The molecular formula is C15H16ClNO3. The number of hydrogen-bond donors (Lipinski definition) is 1. The lowest BCUT2D eigenvalue weighted by molar-refractivity contribution is 0.0304. The highest BCUT2D eigenvalue weighted by Crippen LogP contribution is 2.26. The van der Waals surface area contributed by atoms with Gasteiger partial charge in [-0.3, -0.25) is 4.79 Å². The molecule has 1 aliphatic heterocycles. The number of ether oxygens (including phenoxy) is 1. The number of furan rings is 1. The number of rotatable bonds is 4. The summed E-state index contributed by atoms with van der Waals surface area (Å²) in [5.41, 5.74) is 0.555. The van der Waals surface area contributed by atoms with Crippen LogP contribution >= 0.6 is 11.6 Å². The summed E-state index contributed by atoms with van der Waals surface area (Å²) in [6.07, 6.45) is 2.05. The maximum Gasteiger partial charge on any atom is 0.223 e. The smallest absolute Gasteiger partial charge is 0.223 e. The Labute approximate surface area is 122 Å². The van der Waals surface area contributed by atoms with Crippen LogP contribution in [0.2, 0.25) is 5.02 Å². The van der Waals surface area contributed by atoms with E-state index < -0.39 is 0 Å². The molecule has 0 bridgehead atoms. The number of Topliss-reactive ketones (excluding diaryl/α,β-unsaturated/α-hetero) is 1. The van der Waals surface area contributed by atoms with Crippen molar-refractivity contribution in [3.8, 4) is 0 Å². The maximum absolute atomic E-state index is 12.1. The lowest BCUT2D eigenvalue weighted by Gasteiger charge is -2.22. The van der Waals surface area contributed by atoms with E-state index in [1.165, 1.54) is 0 Å². The zero-order valence-corrected chi connectivity index (χ0v) is 11.8. The van der Waals surface area contributed by atoms with Gasteiger partial charge in [-0.05, 0) is 38.1 Å². The highest BCUT2D eigenvalue weighted by molar-refractivity contribution is 6.34. The van der Waals surface area contributed by atoms with Gasteiger partial charge in [0, 0.05) is 5.39 Å². The van der Waals surface area contributed by atoms with Crippen LogP contribution in [0, 0.1) is 0 Å². The van der Waals surface area contributed by atoms with Gasteiger partial charge >= 0.3 is 0 Å². The Morgan fingerprint density at radius 1 is 1.40 bits per heavy atom. The van der Waals surface area contributed by atoms with Crippen LogP contribution in [-0.2, 0) is 4.74 Å². The number of carbonyl (C=O) groups is 1. The van der Waals surface area contributed by atoms with Crippen molar-refractivity contribution in [3.63, 3.8) is 0 Å². The number of halogens is 1.